The Morgan fingerprint density at radius 3 is 2.72 bits per heavy atom. The van der Waals surface area contributed by atoms with Crippen LogP contribution in [-0.2, 0) is 19.1 Å². The number of piperazine rings is 1. The first-order valence-electron chi connectivity index (χ1n) is 12.4. The molecule has 2 saturated heterocycles. The third-order valence-electron chi connectivity index (χ3n) is 6.66. The molecular weight excluding hydrogens is 540 g/mol. The van der Waals surface area contributed by atoms with Gasteiger partial charge in [0.25, 0.3) is 10.1 Å². The van der Waals surface area contributed by atoms with Crippen LogP contribution in [0.15, 0.2) is 53.7 Å². The van der Waals surface area contributed by atoms with Crippen molar-refractivity contribution in [1.29, 1.82) is 0 Å². The number of nitrogen functional groups attached to an aromatic ring is 1. The van der Waals surface area contributed by atoms with Crippen molar-refractivity contribution in [2.45, 2.75) is 17.4 Å². The number of rotatable bonds is 6. The Kier molecular flexibility index (Phi) is 6.62. The number of fused-ring (bicyclic) bond motifs is 1. The van der Waals surface area contributed by atoms with Gasteiger partial charge in [-0.3, -0.25) is 18.8 Å². The molecule has 1 aromatic carbocycles. The highest BCUT2D eigenvalue weighted by Crippen LogP contribution is 2.31. The minimum absolute atomic E-state index is 0.0236. The zero-order valence-corrected chi connectivity index (χ0v) is 22.7. The fraction of sp³-hybridized carbons (Fsp3) is 0.320. The van der Waals surface area contributed by atoms with Crippen molar-refractivity contribution in [1.82, 2.24) is 24.8 Å². The summed E-state index contributed by atoms with van der Waals surface area (Å²) in [5.74, 6) is 1.10. The number of carbonyl (C=O) groups excluding carboxylic acids is 1. The molecule has 2 fully saturated rings. The van der Waals surface area contributed by atoms with Crippen molar-refractivity contribution >= 4 is 55.2 Å². The van der Waals surface area contributed by atoms with E-state index in [1.807, 2.05) is 29.0 Å². The molecule has 4 aromatic rings. The van der Waals surface area contributed by atoms with Gasteiger partial charge in [-0.15, -0.1) is 0 Å². The number of nitrogens with zero attached hydrogens (tertiary/aromatic N) is 7. The number of amides is 1. The molecule has 0 saturated carbocycles. The number of nitrogens with two attached hydrogens (primary N) is 1. The molecule has 2 aliphatic rings. The average molecular weight is 567 g/mol. The molecular formula is C25H26N8O4S2. The molecule has 202 valence electrons. The van der Waals surface area contributed by atoms with Crippen LogP contribution in [0.5, 0.6) is 0 Å². The summed E-state index contributed by atoms with van der Waals surface area (Å²) in [6.45, 7) is 2.68. The lowest BCUT2D eigenvalue weighted by Gasteiger charge is -2.30. The molecule has 0 bridgehead atoms. The lowest BCUT2D eigenvalue weighted by molar-refractivity contribution is -0.120. The van der Waals surface area contributed by atoms with Crippen LogP contribution in [0.3, 0.4) is 0 Å². The average Bonchev–Trinajstić information content (AvgIpc) is 3.55. The summed E-state index contributed by atoms with van der Waals surface area (Å²) < 4.78 is 30.8. The van der Waals surface area contributed by atoms with Crippen molar-refractivity contribution in [3.8, 4) is 10.6 Å². The quantitative estimate of drug-likeness (QED) is 0.270. The van der Waals surface area contributed by atoms with E-state index >= 15 is 0 Å². The first-order valence-corrected chi connectivity index (χ1v) is 14.6. The lowest BCUT2D eigenvalue weighted by Crippen LogP contribution is -2.49. The SMILES string of the molecule is CN1CCN(c2ncc3nc(-c4ccc(N5CC[C@H](OS(=O)(=O)c6cccc(N)c6)C5)nc4)sc3n2)C(=O)C1. The molecule has 0 unspecified atom stereocenters. The lowest BCUT2D eigenvalue weighted by atomic mass is 10.3. The molecule has 2 N–H and O–H groups in total. The minimum atomic E-state index is -3.91. The number of likely N-dealkylation sites (N-methyl/N-ethyl adjacent to an activating group) is 1. The van der Waals surface area contributed by atoms with Crippen LogP contribution in [0.2, 0.25) is 0 Å². The van der Waals surface area contributed by atoms with Gasteiger partial charge in [0.2, 0.25) is 11.9 Å². The second-order valence-electron chi connectivity index (χ2n) is 9.55. The van der Waals surface area contributed by atoms with Crippen LogP contribution in [-0.4, -0.2) is 85.0 Å². The van der Waals surface area contributed by atoms with Crippen molar-refractivity contribution in [3.63, 3.8) is 0 Å². The van der Waals surface area contributed by atoms with Crippen LogP contribution in [0.4, 0.5) is 17.5 Å². The molecule has 39 heavy (non-hydrogen) atoms. The largest absolute Gasteiger partial charge is 0.399 e. The number of hydrogen-bond donors (Lipinski definition) is 1. The van der Waals surface area contributed by atoms with Gasteiger partial charge in [-0.1, -0.05) is 17.4 Å². The van der Waals surface area contributed by atoms with Crippen molar-refractivity contribution in [2.24, 2.45) is 0 Å². The first kappa shape index (κ1) is 25.6. The van der Waals surface area contributed by atoms with Gasteiger partial charge in [0.15, 0.2) is 0 Å². The standard InChI is InChI=1S/C25H26N8O4S2/c1-31-9-10-33(22(34)15-31)25-28-13-20-24(30-25)38-23(29-20)16-5-6-21(27-12-16)32-8-7-18(14-32)37-39(35,36)19-4-2-3-17(26)11-19/h2-6,11-13,18H,7-10,14-15,26H2,1H3/t18-/m0/s1. The summed E-state index contributed by atoms with van der Waals surface area (Å²) in [7, 11) is -2.00. The van der Waals surface area contributed by atoms with E-state index in [0.717, 1.165) is 22.9 Å². The Bertz CT molecular complexity index is 1640. The fourth-order valence-corrected chi connectivity index (χ4v) is 6.65. The topological polar surface area (TPSA) is 148 Å². The van der Waals surface area contributed by atoms with Gasteiger partial charge in [-0.2, -0.15) is 13.4 Å². The second kappa shape index (κ2) is 10.1. The van der Waals surface area contributed by atoms with E-state index in [0.29, 0.717) is 54.6 Å². The highest BCUT2D eigenvalue weighted by atomic mass is 32.2. The Balaban J connectivity index is 1.13. The van der Waals surface area contributed by atoms with Crippen molar-refractivity contribution in [2.75, 3.05) is 55.3 Å². The summed E-state index contributed by atoms with van der Waals surface area (Å²) in [5, 5.41) is 0.746. The maximum Gasteiger partial charge on any atom is 0.297 e. The van der Waals surface area contributed by atoms with E-state index in [4.69, 9.17) is 9.92 Å². The fourth-order valence-electron chi connectivity index (χ4n) is 4.60. The van der Waals surface area contributed by atoms with E-state index in [-0.39, 0.29) is 10.8 Å². The molecule has 0 aliphatic carbocycles. The highest BCUT2D eigenvalue weighted by Gasteiger charge is 2.30. The molecule has 5 heterocycles. The summed E-state index contributed by atoms with van der Waals surface area (Å²) >= 11 is 1.41. The number of hydrogen-bond acceptors (Lipinski definition) is 12. The van der Waals surface area contributed by atoms with Crippen molar-refractivity contribution < 1.29 is 17.4 Å². The van der Waals surface area contributed by atoms with Crippen LogP contribution < -0.4 is 15.5 Å². The molecule has 1 atom stereocenters. The molecule has 0 radical (unpaired) electrons. The number of carbonyl (C=O) groups is 1. The van der Waals surface area contributed by atoms with Gasteiger partial charge in [-0.25, -0.2) is 15.0 Å². The molecule has 12 nitrogen and oxygen atoms in total. The maximum absolute atomic E-state index is 12.7. The molecule has 0 spiro atoms. The van der Waals surface area contributed by atoms with Gasteiger partial charge in [0, 0.05) is 43.6 Å². The maximum atomic E-state index is 12.7. The third kappa shape index (κ3) is 5.28. The van der Waals surface area contributed by atoms with Crippen LogP contribution >= 0.6 is 11.3 Å². The molecule has 6 rings (SSSR count). The number of aromatic nitrogens is 4. The Hall–Kier alpha value is -3.72. The summed E-state index contributed by atoms with van der Waals surface area (Å²) in [5.41, 5.74) is 7.57. The van der Waals surface area contributed by atoms with Gasteiger partial charge in [0.05, 0.1) is 23.7 Å². The highest BCUT2D eigenvalue weighted by molar-refractivity contribution is 7.86. The van der Waals surface area contributed by atoms with Crippen LogP contribution in [0, 0.1) is 0 Å². The molecule has 3 aromatic heterocycles. The second-order valence-corrected chi connectivity index (χ2v) is 12.1. The third-order valence-corrected chi connectivity index (χ3v) is 9.04. The van der Waals surface area contributed by atoms with Gasteiger partial charge >= 0.3 is 0 Å². The normalized spacial score (nSPS) is 18.8. The van der Waals surface area contributed by atoms with Crippen LogP contribution in [0.1, 0.15) is 6.42 Å². The number of pyridine rings is 1. The van der Waals surface area contributed by atoms with E-state index < -0.39 is 16.2 Å². The first-order chi connectivity index (χ1) is 18.7. The van der Waals surface area contributed by atoms with Gasteiger partial charge < -0.3 is 10.6 Å². The minimum Gasteiger partial charge on any atom is -0.399 e. The zero-order chi connectivity index (χ0) is 27.1. The molecule has 14 heteroatoms. The Labute approximate surface area is 229 Å². The van der Waals surface area contributed by atoms with E-state index in [9.17, 15) is 13.2 Å². The van der Waals surface area contributed by atoms with Gasteiger partial charge in [0.1, 0.15) is 21.2 Å². The predicted molar refractivity (Wildman–Crippen MR) is 148 cm³/mol. The van der Waals surface area contributed by atoms with Crippen LogP contribution in [0.25, 0.3) is 20.9 Å². The monoisotopic (exact) mass is 566 g/mol. The number of benzene rings is 1. The zero-order valence-electron chi connectivity index (χ0n) is 21.1. The number of thiazole rings is 1. The van der Waals surface area contributed by atoms with Crippen molar-refractivity contribution in [3.05, 3.63) is 48.8 Å². The smallest absolute Gasteiger partial charge is 0.297 e. The Morgan fingerprint density at radius 1 is 1.08 bits per heavy atom. The predicted octanol–water partition coefficient (Wildman–Crippen LogP) is 1.99. The van der Waals surface area contributed by atoms with E-state index in [2.05, 4.69) is 19.9 Å². The summed E-state index contributed by atoms with van der Waals surface area (Å²) in [4.78, 5) is 36.9. The number of anilines is 3. The summed E-state index contributed by atoms with van der Waals surface area (Å²) in [6.07, 6.45) is 3.46. The Morgan fingerprint density at radius 2 is 1.95 bits per heavy atom. The van der Waals surface area contributed by atoms with E-state index in [1.165, 1.54) is 23.5 Å². The molecule has 1 amide bonds. The van der Waals surface area contributed by atoms with Gasteiger partial charge in [-0.05, 0) is 43.8 Å². The molecule has 2 aliphatic heterocycles. The summed E-state index contributed by atoms with van der Waals surface area (Å²) in [6, 6.07) is 9.89. The van der Waals surface area contributed by atoms with E-state index in [1.54, 1.807) is 29.4 Å².